The Hall–Kier alpha value is -2.59. The molecule has 4 heteroatoms. The van der Waals surface area contributed by atoms with Gasteiger partial charge >= 0.3 is 0 Å². The van der Waals surface area contributed by atoms with Gasteiger partial charge in [-0.15, -0.1) is 0 Å². The Kier molecular flexibility index (Phi) is 4.53. The van der Waals surface area contributed by atoms with Gasteiger partial charge < -0.3 is 9.80 Å². The monoisotopic (exact) mass is 332 g/mol. The molecular weight excluding hydrogens is 308 g/mol. The number of nitrogens with one attached hydrogen (secondary N) is 1. The molecule has 0 aliphatic carbocycles. The van der Waals surface area contributed by atoms with Gasteiger partial charge in [0.05, 0.1) is 5.69 Å². The first-order chi connectivity index (χ1) is 12.3. The first-order valence-electron chi connectivity index (χ1n) is 8.90. The van der Waals surface area contributed by atoms with Gasteiger partial charge in [0.2, 0.25) is 0 Å². The Labute approximate surface area is 149 Å². The summed E-state index contributed by atoms with van der Waals surface area (Å²) in [5.74, 6) is 0. The molecule has 1 saturated heterocycles. The zero-order valence-electron chi connectivity index (χ0n) is 14.7. The third kappa shape index (κ3) is 3.59. The Morgan fingerprint density at radius 2 is 1.76 bits per heavy atom. The maximum atomic E-state index is 4.44. The fraction of sp³-hybridized carbons (Fsp3) is 0.286. The van der Waals surface area contributed by atoms with Crippen molar-refractivity contribution in [3.63, 3.8) is 0 Å². The number of hydrogen-bond acceptors (Lipinski definition) is 3. The summed E-state index contributed by atoms with van der Waals surface area (Å²) >= 11 is 0. The summed E-state index contributed by atoms with van der Waals surface area (Å²) in [4.78, 5) is 4.86. The lowest BCUT2D eigenvalue weighted by molar-refractivity contribution is 0.313. The van der Waals surface area contributed by atoms with Gasteiger partial charge in [0.15, 0.2) is 0 Å². The van der Waals surface area contributed by atoms with Crippen LogP contribution in [0.25, 0.3) is 11.3 Å². The molecule has 1 aliphatic rings. The van der Waals surface area contributed by atoms with E-state index in [2.05, 4.69) is 81.6 Å². The van der Waals surface area contributed by atoms with Gasteiger partial charge in [-0.2, -0.15) is 5.10 Å². The van der Waals surface area contributed by atoms with Crippen LogP contribution in [0.4, 0.5) is 5.69 Å². The number of hydrogen-bond donors (Lipinski definition) is 1. The molecular formula is C21H24N4. The van der Waals surface area contributed by atoms with Crippen LogP contribution < -0.4 is 4.90 Å². The van der Waals surface area contributed by atoms with Crippen LogP contribution in [-0.4, -0.2) is 48.3 Å². The number of aromatic amines is 1. The van der Waals surface area contributed by atoms with E-state index in [1.165, 1.54) is 22.4 Å². The maximum Gasteiger partial charge on any atom is 0.0924 e. The number of nitrogens with zero attached hydrogens (tertiary/aromatic N) is 3. The Morgan fingerprint density at radius 1 is 0.960 bits per heavy atom. The van der Waals surface area contributed by atoms with Crippen molar-refractivity contribution in [1.29, 1.82) is 0 Å². The van der Waals surface area contributed by atoms with Crippen LogP contribution >= 0.6 is 0 Å². The van der Waals surface area contributed by atoms with E-state index in [1.807, 2.05) is 6.20 Å². The summed E-state index contributed by atoms with van der Waals surface area (Å²) in [6.07, 6.45) is 2.82. The molecule has 0 amide bonds. The van der Waals surface area contributed by atoms with Crippen molar-refractivity contribution >= 4 is 5.69 Å². The van der Waals surface area contributed by atoms with Crippen LogP contribution in [-0.2, 0) is 6.42 Å². The number of H-pyrrole nitrogens is 1. The first kappa shape index (κ1) is 15.9. The molecule has 25 heavy (non-hydrogen) atoms. The molecule has 0 unspecified atom stereocenters. The quantitative estimate of drug-likeness (QED) is 0.795. The highest BCUT2D eigenvalue weighted by molar-refractivity contribution is 5.70. The number of aromatic nitrogens is 2. The van der Waals surface area contributed by atoms with E-state index < -0.39 is 0 Å². The molecule has 4 rings (SSSR count). The number of likely N-dealkylation sites (N-methyl/N-ethyl adjacent to an activating group) is 1. The fourth-order valence-corrected chi connectivity index (χ4v) is 3.44. The van der Waals surface area contributed by atoms with Crippen molar-refractivity contribution in [2.24, 2.45) is 0 Å². The highest BCUT2D eigenvalue weighted by Gasteiger charge is 2.16. The maximum absolute atomic E-state index is 4.44. The zero-order chi connectivity index (χ0) is 17.1. The smallest absolute Gasteiger partial charge is 0.0924 e. The summed E-state index contributed by atoms with van der Waals surface area (Å²) < 4.78 is 0. The van der Waals surface area contributed by atoms with Gasteiger partial charge in [-0.1, -0.05) is 36.4 Å². The van der Waals surface area contributed by atoms with Crippen LogP contribution in [0.5, 0.6) is 0 Å². The highest BCUT2D eigenvalue weighted by atomic mass is 15.2. The van der Waals surface area contributed by atoms with E-state index >= 15 is 0 Å². The van der Waals surface area contributed by atoms with E-state index in [4.69, 9.17) is 0 Å². The fourth-order valence-electron chi connectivity index (χ4n) is 3.44. The normalized spacial score (nSPS) is 15.5. The molecule has 0 radical (unpaired) electrons. The minimum absolute atomic E-state index is 0.923. The summed E-state index contributed by atoms with van der Waals surface area (Å²) in [5.41, 5.74) is 6.18. The van der Waals surface area contributed by atoms with Gasteiger partial charge in [-0.05, 0) is 42.8 Å². The molecule has 1 N–H and O–H groups in total. The minimum Gasteiger partial charge on any atom is -0.369 e. The Bertz CT molecular complexity index is 803. The standard InChI is InChI=1S/C21H24N4/c1-24-11-13-25(14-12-24)19-8-7-18(15-17-5-3-2-4-6-17)20(16-19)21-9-10-22-23-21/h2-10,16H,11-15H2,1H3,(H,22,23). The lowest BCUT2D eigenvalue weighted by Gasteiger charge is -2.34. The second kappa shape index (κ2) is 7.11. The van der Waals surface area contributed by atoms with Crippen molar-refractivity contribution in [2.45, 2.75) is 6.42 Å². The molecule has 2 heterocycles. The van der Waals surface area contributed by atoms with Crippen LogP contribution in [0.15, 0.2) is 60.8 Å². The summed E-state index contributed by atoms with van der Waals surface area (Å²) in [5, 5.41) is 7.39. The summed E-state index contributed by atoms with van der Waals surface area (Å²) in [7, 11) is 2.19. The van der Waals surface area contributed by atoms with Crippen LogP contribution in [0.1, 0.15) is 11.1 Å². The van der Waals surface area contributed by atoms with E-state index in [1.54, 1.807) is 0 Å². The first-order valence-corrected chi connectivity index (χ1v) is 8.90. The molecule has 128 valence electrons. The number of piperazine rings is 1. The minimum atomic E-state index is 0.923. The van der Waals surface area contributed by atoms with E-state index in [-0.39, 0.29) is 0 Å². The molecule has 4 nitrogen and oxygen atoms in total. The summed E-state index contributed by atoms with van der Waals surface area (Å²) in [6.45, 7) is 4.39. The molecule has 1 aliphatic heterocycles. The van der Waals surface area contributed by atoms with Gasteiger partial charge in [-0.3, -0.25) is 5.10 Å². The molecule has 0 atom stereocenters. The topological polar surface area (TPSA) is 35.2 Å². The SMILES string of the molecule is CN1CCN(c2ccc(Cc3ccccc3)c(-c3cc[nH]n3)c2)CC1. The van der Waals surface area contributed by atoms with Crippen molar-refractivity contribution in [1.82, 2.24) is 15.1 Å². The van der Waals surface area contributed by atoms with Crippen molar-refractivity contribution in [3.8, 4) is 11.3 Å². The largest absolute Gasteiger partial charge is 0.369 e. The van der Waals surface area contributed by atoms with Gasteiger partial charge in [-0.25, -0.2) is 0 Å². The molecule has 0 bridgehead atoms. The second-order valence-corrected chi connectivity index (χ2v) is 6.75. The second-order valence-electron chi connectivity index (χ2n) is 6.75. The molecule has 1 fully saturated rings. The zero-order valence-corrected chi connectivity index (χ0v) is 14.7. The highest BCUT2D eigenvalue weighted by Crippen LogP contribution is 2.29. The average Bonchev–Trinajstić information content (AvgIpc) is 3.18. The lowest BCUT2D eigenvalue weighted by atomic mass is 9.97. The van der Waals surface area contributed by atoms with Gasteiger partial charge in [0.25, 0.3) is 0 Å². The predicted molar refractivity (Wildman–Crippen MR) is 103 cm³/mol. The average molecular weight is 332 g/mol. The number of anilines is 1. The number of rotatable bonds is 4. The Morgan fingerprint density at radius 3 is 2.48 bits per heavy atom. The van der Waals surface area contributed by atoms with Crippen LogP contribution in [0.3, 0.4) is 0 Å². The van der Waals surface area contributed by atoms with Crippen molar-refractivity contribution in [3.05, 3.63) is 71.9 Å². The third-order valence-corrected chi connectivity index (χ3v) is 4.98. The van der Waals surface area contributed by atoms with Crippen molar-refractivity contribution < 1.29 is 0 Å². The third-order valence-electron chi connectivity index (χ3n) is 4.98. The van der Waals surface area contributed by atoms with Crippen LogP contribution in [0.2, 0.25) is 0 Å². The molecule has 2 aromatic carbocycles. The molecule has 0 saturated carbocycles. The molecule has 1 aromatic heterocycles. The lowest BCUT2D eigenvalue weighted by Crippen LogP contribution is -2.44. The molecule has 3 aromatic rings. The van der Waals surface area contributed by atoms with E-state index in [9.17, 15) is 0 Å². The number of benzene rings is 2. The van der Waals surface area contributed by atoms with E-state index in [0.29, 0.717) is 0 Å². The van der Waals surface area contributed by atoms with Crippen molar-refractivity contribution in [2.75, 3.05) is 38.1 Å². The van der Waals surface area contributed by atoms with Gasteiger partial charge in [0.1, 0.15) is 0 Å². The van der Waals surface area contributed by atoms with Crippen LogP contribution in [0, 0.1) is 0 Å². The predicted octanol–water partition coefficient (Wildman–Crippen LogP) is 3.42. The summed E-state index contributed by atoms with van der Waals surface area (Å²) in [6, 6.07) is 19.5. The Balaban J connectivity index is 1.67. The van der Waals surface area contributed by atoms with E-state index in [0.717, 1.165) is 38.3 Å². The van der Waals surface area contributed by atoms with Gasteiger partial charge in [0, 0.05) is 43.6 Å². The molecule has 0 spiro atoms.